The lowest BCUT2D eigenvalue weighted by Gasteiger charge is -2.05. The third-order valence-electron chi connectivity index (χ3n) is 1.63. The highest BCUT2D eigenvalue weighted by Crippen LogP contribution is 1.95. The molecule has 2 N–H and O–H groups in total. The van der Waals surface area contributed by atoms with Gasteiger partial charge in [0.25, 0.3) is 0 Å². The van der Waals surface area contributed by atoms with E-state index in [9.17, 15) is 19.2 Å². The summed E-state index contributed by atoms with van der Waals surface area (Å²) in [5.41, 5.74) is -3.52. The molecule has 1 aromatic heterocycles. The van der Waals surface area contributed by atoms with Crippen molar-refractivity contribution in [1.29, 1.82) is 0 Å². The van der Waals surface area contributed by atoms with Gasteiger partial charge in [-0.25, -0.2) is 23.7 Å². The Balaban J connectivity index is 3.30. The van der Waals surface area contributed by atoms with Crippen molar-refractivity contribution in [3.8, 4) is 0 Å². The molecule has 8 heteroatoms. The summed E-state index contributed by atoms with van der Waals surface area (Å²) in [5.74, 6) is -0.915. The van der Waals surface area contributed by atoms with Gasteiger partial charge >= 0.3 is 23.0 Å². The van der Waals surface area contributed by atoms with Crippen molar-refractivity contribution in [1.82, 2.24) is 14.5 Å². The van der Waals surface area contributed by atoms with E-state index in [0.717, 1.165) is 0 Å². The molecule has 0 aliphatic carbocycles. The Labute approximate surface area is 88.2 Å². The number of nitrogens with zero attached hydrogens (tertiary/aromatic N) is 1. The summed E-state index contributed by atoms with van der Waals surface area (Å²) in [6.45, 7) is 4.88. The van der Waals surface area contributed by atoms with Gasteiger partial charge < -0.3 is 4.74 Å². The average molecular weight is 227 g/mol. The molecule has 0 saturated heterocycles. The topological polar surface area (TPSA) is 114 Å². The van der Waals surface area contributed by atoms with Crippen LogP contribution in [0.1, 0.15) is 6.92 Å². The molecule has 0 saturated carbocycles. The van der Waals surface area contributed by atoms with E-state index in [1.807, 2.05) is 0 Å². The number of carbonyl (C=O) groups excluding carboxylic acids is 1. The largest absolute Gasteiger partial charge is 0.461 e. The minimum absolute atomic E-state index is 0.0772. The maximum atomic E-state index is 11.2. The van der Waals surface area contributed by atoms with Crippen LogP contribution in [0.25, 0.3) is 5.70 Å². The number of aromatic nitrogens is 3. The standard InChI is InChI=1S/C8H9N3O5/c1-3-16-5(12)4(2)11-7(14)9-6(13)10-8(11)15/h2-3H2,1H3,(H2,9,10,13,14,15). The highest BCUT2D eigenvalue weighted by atomic mass is 16.5. The molecule has 1 aromatic rings. The fourth-order valence-electron chi connectivity index (χ4n) is 0.980. The van der Waals surface area contributed by atoms with Crippen LogP contribution in [0.4, 0.5) is 0 Å². The van der Waals surface area contributed by atoms with E-state index in [2.05, 4.69) is 11.3 Å². The quantitative estimate of drug-likeness (QED) is 0.470. The van der Waals surface area contributed by atoms with Crippen molar-refractivity contribution in [2.75, 3.05) is 6.61 Å². The molecule has 0 aliphatic heterocycles. The smallest absolute Gasteiger partial charge is 0.355 e. The Kier molecular flexibility index (Phi) is 3.24. The van der Waals surface area contributed by atoms with Crippen LogP contribution in [0.5, 0.6) is 0 Å². The average Bonchev–Trinajstić information content (AvgIpc) is 2.16. The second-order valence-corrected chi connectivity index (χ2v) is 2.69. The van der Waals surface area contributed by atoms with E-state index < -0.39 is 28.7 Å². The lowest BCUT2D eigenvalue weighted by atomic mass is 10.5. The van der Waals surface area contributed by atoms with Gasteiger partial charge in [0, 0.05) is 0 Å². The zero-order valence-electron chi connectivity index (χ0n) is 8.40. The van der Waals surface area contributed by atoms with Crippen molar-refractivity contribution >= 4 is 11.7 Å². The number of H-pyrrole nitrogens is 2. The van der Waals surface area contributed by atoms with Crippen molar-refractivity contribution in [2.24, 2.45) is 0 Å². The van der Waals surface area contributed by atoms with Gasteiger partial charge in [0.15, 0.2) is 0 Å². The van der Waals surface area contributed by atoms with Crippen molar-refractivity contribution < 1.29 is 9.53 Å². The third-order valence-corrected chi connectivity index (χ3v) is 1.63. The minimum atomic E-state index is -1.05. The Morgan fingerprint density at radius 3 is 2.25 bits per heavy atom. The molecule has 0 atom stereocenters. The maximum Gasteiger partial charge on any atom is 0.355 e. The Morgan fingerprint density at radius 1 is 1.31 bits per heavy atom. The van der Waals surface area contributed by atoms with E-state index in [4.69, 9.17) is 0 Å². The molecular weight excluding hydrogens is 218 g/mol. The molecule has 1 rings (SSSR count). The number of hydrogen-bond acceptors (Lipinski definition) is 5. The number of ether oxygens (including phenoxy) is 1. The maximum absolute atomic E-state index is 11.2. The second kappa shape index (κ2) is 4.43. The molecule has 1 heterocycles. The summed E-state index contributed by atoms with van der Waals surface area (Å²) in [6, 6.07) is 0. The number of rotatable bonds is 3. The summed E-state index contributed by atoms with van der Waals surface area (Å²) in [6.07, 6.45) is 0. The first-order valence-electron chi connectivity index (χ1n) is 4.29. The molecular formula is C8H9N3O5. The first-order chi connectivity index (χ1) is 7.47. The Bertz CT molecular complexity index is 556. The fourth-order valence-corrected chi connectivity index (χ4v) is 0.980. The SMILES string of the molecule is C=C(C(=O)OCC)n1c(=O)[nH]c(=O)[nH]c1=O. The molecule has 0 aromatic carbocycles. The van der Waals surface area contributed by atoms with Gasteiger partial charge in [0.1, 0.15) is 5.70 Å². The number of carbonyl (C=O) groups is 1. The third kappa shape index (κ3) is 2.16. The van der Waals surface area contributed by atoms with E-state index >= 15 is 0 Å². The van der Waals surface area contributed by atoms with Gasteiger partial charge in [-0.3, -0.25) is 9.97 Å². The van der Waals surface area contributed by atoms with Gasteiger partial charge in [-0.15, -0.1) is 0 Å². The molecule has 0 bridgehead atoms. The zero-order chi connectivity index (χ0) is 12.3. The van der Waals surface area contributed by atoms with Crippen LogP contribution in [-0.4, -0.2) is 27.1 Å². The normalized spacial score (nSPS) is 9.81. The molecule has 0 fully saturated rings. The van der Waals surface area contributed by atoms with E-state index in [-0.39, 0.29) is 6.61 Å². The van der Waals surface area contributed by atoms with Gasteiger partial charge in [-0.1, -0.05) is 6.58 Å². The van der Waals surface area contributed by atoms with Gasteiger partial charge in [-0.05, 0) is 6.92 Å². The van der Waals surface area contributed by atoms with Crippen LogP contribution in [-0.2, 0) is 9.53 Å². The predicted octanol–water partition coefficient (Wildman–Crippen LogP) is -1.74. The number of esters is 1. The molecule has 0 unspecified atom stereocenters. The van der Waals surface area contributed by atoms with Crippen LogP contribution in [0.15, 0.2) is 21.0 Å². The van der Waals surface area contributed by atoms with Crippen LogP contribution < -0.4 is 17.1 Å². The van der Waals surface area contributed by atoms with Crippen LogP contribution >= 0.6 is 0 Å². The monoisotopic (exact) mass is 227 g/mol. The van der Waals surface area contributed by atoms with Gasteiger partial charge in [0.05, 0.1) is 6.61 Å². The van der Waals surface area contributed by atoms with Gasteiger partial charge in [0.2, 0.25) is 0 Å². The first kappa shape index (κ1) is 11.7. The minimum Gasteiger partial charge on any atom is -0.461 e. The number of nitrogens with one attached hydrogen (secondary N) is 2. The molecule has 16 heavy (non-hydrogen) atoms. The molecule has 0 radical (unpaired) electrons. The van der Waals surface area contributed by atoms with Crippen LogP contribution in [0.3, 0.4) is 0 Å². The van der Waals surface area contributed by atoms with E-state index in [0.29, 0.717) is 4.57 Å². The predicted molar refractivity (Wildman–Crippen MR) is 53.9 cm³/mol. The summed E-state index contributed by atoms with van der Waals surface area (Å²) < 4.78 is 4.94. The van der Waals surface area contributed by atoms with E-state index in [1.165, 1.54) is 0 Å². The highest BCUT2D eigenvalue weighted by molar-refractivity contribution is 6.08. The summed E-state index contributed by atoms with van der Waals surface area (Å²) in [5, 5.41) is 0. The Morgan fingerprint density at radius 2 is 1.81 bits per heavy atom. The molecule has 0 spiro atoms. The van der Waals surface area contributed by atoms with Crippen molar-refractivity contribution in [3.05, 3.63) is 38.0 Å². The van der Waals surface area contributed by atoms with Crippen molar-refractivity contribution in [2.45, 2.75) is 6.92 Å². The molecule has 86 valence electrons. The summed E-state index contributed by atoms with van der Waals surface area (Å²) in [7, 11) is 0. The number of aromatic amines is 2. The first-order valence-corrected chi connectivity index (χ1v) is 4.29. The highest BCUT2D eigenvalue weighted by Gasteiger charge is 2.14. The fraction of sp³-hybridized carbons (Fsp3) is 0.250. The summed E-state index contributed by atoms with van der Waals surface area (Å²) >= 11 is 0. The number of hydrogen-bond donors (Lipinski definition) is 2. The Hall–Kier alpha value is -2.38. The van der Waals surface area contributed by atoms with Gasteiger partial charge in [-0.2, -0.15) is 0 Å². The van der Waals surface area contributed by atoms with E-state index in [1.54, 1.807) is 16.9 Å². The molecule has 0 amide bonds. The second-order valence-electron chi connectivity index (χ2n) is 2.69. The lowest BCUT2D eigenvalue weighted by molar-refractivity contribution is -0.136. The van der Waals surface area contributed by atoms with Crippen molar-refractivity contribution in [3.63, 3.8) is 0 Å². The van der Waals surface area contributed by atoms with Crippen LogP contribution in [0.2, 0.25) is 0 Å². The summed E-state index contributed by atoms with van der Waals surface area (Å²) in [4.78, 5) is 47.9. The zero-order valence-corrected chi connectivity index (χ0v) is 8.40. The van der Waals surface area contributed by atoms with Crippen LogP contribution in [0, 0.1) is 0 Å². The lowest BCUT2D eigenvalue weighted by Crippen LogP contribution is -2.43. The molecule has 0 aliphatic rings. The molecule has 8 nitrogen and oxygen atoms in total.